The number of aryl methyl sites for hydroxylation is 2. The maximum Gasteiger partial charge on any atom is 0.296 e. The number of carbonyl (C=O) groups excluding carboxylic acids is 2. The Balaban J connectivity index is 1.64. The van der Waals surface area contributed by atoms with Gasteiger partial charge < -0.3 is 19.9 Å². The second kappa shape index (κ2) is 12.9. The Morgan fingerprint density at radius 1 is 1.00 bits per heavy atom. The van der Waals surface area contributed by atoms with Crippen molar-refractivity contribution in [2.24, 2.45) is 15.3 Å². The van der Waals surface area contributed by atoms with Crippen molar-refractivity contribution in [1.82, 2.24) is 0 Å². The van der Waals surface area contributed by atoms with E-state index in [0.717, 1.165) is 11.6 Å². The largest absolute Gasteiger partial charge is 0.494 e. The summed E-state index contributed by atoms with van der Waals surface area (Å²) in [5.41, 5.74) is 5.65. The number of ether oxygens (including phenoxy) is 2. The van der Waals surface area contributed by atoms with E-state index in [4.69, 9.17) is 14.6 Å². The van der Waals surface area contributed by atoms with E-state index in [1.54, 1.807) is 37.3 Å². The standard InChI is InChI=1S/C29H29N5O8S/c1-16-11-21(42-10-9-35)6-8-23(16)31-32-24-15-26(41-4)25(12-17(24)2)33-34-28-27(43(38,39)40)14-19-13-20(30-18(3)36)5-7-22(19)29(28)37/h5-8,11-15,33,35H,9-10H2,1-4H3,(H,30,36)(H,38,39,40)/b32-31+,34-28-. The van der Waals surface area contributed by atoms with Crippen LogP contribution in [-0.4, -0.2) is 55.8 Å². The molecule has 3 aromatic carbocycles. The van der Waals surface area contributed by atoms with Crippen molar-refractivity contribution >= 4 is 56.3 Å². The van der Waals surface area contributed by atoms with Crippen LogP contribution in [0.4, 0.5) is 22.7 Å². The topological polar surface area (TPSA) is 188 Å². The first-order valence-electron chi connectivity index (χ1n) is 12.9. The average Bonchev–Trinajstić information content (AvgIpc) is 2.94. The van der Waals surface area contributed by atoms with Crippen LogP contribution in [0.3, 0.4) is 0 Å². The summed E-state index contributed by atoms with van der Waals surface area (Å²) in [6.45, 7) is 5.01. The number of ketones is 1. The molecule has 1 aliphatic rings. The Bertz CT molecular complexity index is 1800. The molecule has 1 amide bonds. The Kier molecular flexibility index (Phi) is 9.34. The molecule has 1 aliphatic carbocycles. The molecule has 0 saturated heterocycles. The van der Waals surface area contributed by atoms with Gasteiger partial charge >= 0.3 is 0 Å². The lowest BCUT2D eigenvalue weighted by atomic mass is 9.94. The third-order valence-electron chi connectivity index (χ3n) is 6.23. The van der Waals surface area contributed by atoms with Gasteiger partial charge in [-0.25, -0.2) is 0 Å². The Labute approximate surface area is 247 Å². The molecule has 4 N–H and O–H groups in total. The Morgan fingerprint density at radius 3 is 2.37 bits per heavy atom. The van der Waals surface area contributed by atoms with Gasteiger partial charge in [0, 0.05) is 24.2 Å². The van der Waals surface area contributed by atoms with Crippen molar-refractivity contribution in [2.75, 3.05) is 31.1 Å². The number of anilines is 2. The zero-order valence-electron chi connectivity index (χ0n) is 23.7. The van der Waals surface area contributed by atoms with Crippen molar-refractivity contribution in [1.29, 1.82) is 0 Å². The highest BCUT2D eigenvalue weighted by Crippen LogP contribution is 2.35. The molecule has 0 atom stereocenters. The average molecular weight is 608 g/mol. The van der Waals surface area contributed by atoms with E-state index < -0.39 is 26.5 Å². The third kappa shape index (κ3) is 7.30. The van der Waals surface area contributed by atoms with E-state index in [0.29, 0.717) is 34.1 Å². The van der Waals surface area contributed by atoms with Crippen molar-refractivity contribution < 1.29 is 37.1 Å². The lowest BCUT2D eigenvalue weighted by Crippen LogP contribution is -2.27. The molecule has 0 bridgehead atoms. The number of aliphatic hydroxyl groups is 1. The molecular formula is C29H29N5O8S. The van der Waals surface area contributed by atoms with Crippen molar-refractivity contribution in [2.45, 2.75) is 20.8 Å². The van der Waals surface area contributed by atoms with Gasteiger partial charge in [-0.05, 0) is 79.1 Å². The van der Waals surface area contributed by atoms with E-state index in [2.05, 4.69) is 26.1 Å². The first kappa shape index (κ1) is 31.0. The number of hydrazone groups is 1. The fourth-order valence-corrected chi connectivity index (χ4v) is 4.84. The van der Waals surface area contributed by atoms with Gasteiger partial charge in [-0.15, -0.1) is 0 Å². The molecule has 13 nitrogen and oxygen atoms in total. The predicted octanol–water partition coefficient (Wildman–Crippen LogP) is 4.95. The maximum atomic E-state index is 13.3. The summed E-state index contributed by atoms with van der Waals surface area (Å²) >= 11 is 0. The number of rotatable bonds is 10. The summed E-state index contributed by atoms with van der Waals surface area (Å²) in [5, 5.41) is 24.2. The van der Waals surface area contributed by atoms with Crippen molar-refractivity contribution in [3.8, 4) is 11.5 Å². The number of nitrogens with zero attached hydrogens (tertiary/aromatic N) is 3. The number of carbonyl (C=O) groups is 2. The number of hydrogen-bond acceptors (Lipinski definition) is 11. The Morgan fingerprint density at radius 2 is 1.72 bits per heavy atom. The summed E-state index contributed by atoms with van der Waals surface area (Å²) in [5.74, 6) is -0.230. The summed E-state index contributed by atoms with van der Waals surface area (Å²) in [7, 11) is -3.45. The molecule has 0 unspecified atom stereocenters. The van der Waals surface area contributed by atoms with Crippen LogP contribution >= 0.6 is 0 Å². The molecule has 0 saturated carbocycles. The first-order chi connectivity index (χ1) is 20.4. The minimum Gasteiger partial charge on any atom is -0.494 e. The van der Waals surface area contributed by atoms with Crippen LogP contribution in [0.2, 0.25) is 0 Å². The van der Waals surface area contributed by atoms with Gasteiger partial charge in [0.1, 0.15) is 23.0 Å². The SMILES string of the molecule is COc1cc(/N=N/c2ccc(OCCO)cc2C)c(C)cc1N/N=C1\C(=O)c2ccc(NC(C)=O)cc2C=C1S(=O)(=O)O. The second-order valence-corrected chi connectivity index (χ2v) is 10.8. The number of allylic oxidation sites excluding steroid dienone is 1. The van der Waals surface area contributed by atoms with E-state index in [1.807, 2.05) is 6.92 Å². The summed E-state index contributed by atoms with van der Waals surface area (Å²) < 4.78 is 45.2. The maximum absolute atomic E-state index is 13.3. The van der Waals surface area contributed by atoms with Gasteiger partial charge in [0.25, 0.3) is 10.1 Å². The van der Waals surface area contributed by atoms with Gasteiger partial charge in [-0.2, -0.15) is 23.7 Å². The first-order valence-corrected chi connectivity index (χ1v) is 14.3. The van der Waals surface area contributed by atoms with E-state index >= 15 is 0 Å². The smallest absolute Gasteiger partial charge is 0.296 e. The summed E-state index contributed by atoms with van der Waals surface area (Å²) in [4.78, 5) is 24.0. The number of amides is 1. The molecule has 0 spiro atoms. The normalized spacial score (nSPS) is 14.0. The van der Waals surface area contributed by atoms with Crippen LogP contribution in [0.25, 0.3) is 6.08 Å². The molecule has 0 aliphatic heterocycles. The number of fused-ring (bicyclic) bond motifs is 1. The molecule has 14 heteroatoms. The third-order valence-corrected chi connectivity index (χ3v) is 7.10. The number of aliphatic hydroxyl groups excluding tert-OH is 1. The second-order valence-electron chi connectivity index (χ2n) is 9.43. The van der Waals surface area contributed by atoms with Crippen LogP contribution in [-0.2, 0) is 14.9 Å². The lowest BCUT2D eigenvalue weighted by molar-refractivity contribution is -0.114. The number of nitrogens with one attached hydrogen (secondary N) is 2. The predicted molar refractivity (Wildman–Crippen MR) is 161 cm³/mol. The lowest BCUT2D eigenvalue weighted by Gasteiger charge is -2.18. The highest BCUT2D eigenvalue weighted by atomic mass is 32.2. The Hall–Kier alpha value is -4.92. The zero-order valence-corrected chi connectivity index (χ0v) is 24.5. The van der Waals surface area contributed by atoms with Gasteiger partial charge in [0.2, 0.25) is 11.7 Å². The zero-order chi connectivity index (χ0) is 31.3. The van der Waals surface area contributed by atoms with Gasteiger partial charge in [-0.3, -0.25) is 19.6 Å². The molecule has 3 aromatic rings. The van der Waals surface area contributed by atoms with Crippen LogP contribution in [0.15, 0.2) is 68.8 Å². The molecule has 0 radical (unpaired) electrons. The monoisotopic (exact) mass is 607 g/mol. The van der Waals surface area contributed by atoms with Crippen LogP contribution in [0.5, 0.6) is 11.5 Å². The quantitative estimate of drug-likeness (QED) is 0.140. The highest BCUT2D eigenvalue weighted by molar-refractivity contribution is 7.91. The van der Waals surface area contributed by atoms with Crippen molar-refractivity contribution in [3.05, 3.63) is 75.7 Å². The van der Waals surface area contributed by atoms with Crippen molar-refractivity contribution in [3.63, 3.8) is 0 Å². The number of azo groups is 1. The number of benzene rings is 3. The van der Waals surface area contributed by atoms with Gasteiger partial charge in [0.15, 0.2) is 5.71 Å². The number of hydrogen-bond donors (Lipinski definition) is 4. The minimum atomic E-state index is -4.86. The van der Waals surface area contributed by atoms with E-state index in [1.165, 1.54) is 32.2 Å². The van der Waals surface area contributed by atoms with Gasteiger partial charge in [-0.1, -0.05) is 0 Å². The molecule has 4 rings (SSSR count). The minimum absolute atomic E-state index is 0.0936. The molecular weight excluding hydrogens is 578 g/mol. The molecule has 224 valence electrons. The van der Waals surface area contributed by atoms with Crippen LogP contribution in [0.1, 0.15) is 34.0 Å². The fourth-order valence-electron chi connectivity index (χ4n) is 4.18. The van der Waals surface area contributed by atoms with E-state index in [-0.39, 0.29) is 36.0 Å². The van der Waals surface area contributed by atoms with Crippen LogP contribution in [0, 0.1) is 13.8 Å². The summed E-state index contributed by atoms with van der Waals surface area (Å²) in [6.07, 6.45) is 1.11. The van der Waals surface area contributed by atoms with Crippen LogP contribution < -0.4 is 20.2 Å². The number of methoxy groups -OCH3 is 1. The molecule has 0 aromatic heterocycles. The van der Waals surface area contributed by atoms with Gasteiger partial charge in [0.05, 0.1) is 30.8 Å². The number of Topliss-reactive ketones (excluding diaryl/α,β-unsaturated/α-hetero) is 1. The molecule has 43 heavy (non-hydrogen) atoms. The molecule has 0 fully saturated rings. The summed E-state index contributed by atoms with van der Waals surface area (Å²) in [6, 6.07) is 12.8. The molecule has 0 heterocycles. The highest BCUT2D eigenvalue weighted by Gasteiger charge is 2.33. The van der Waals surface area contributed by atoms with E-state index in [9.17, 15) is 22.6 Å². The fraction of sp³-hybridized carbons (Fsp3) is 0.207.